The van der Waals surface area contributed by atoms with Crippen molar-refractivity contribution in [1.29, 1.82) is 0 Å². The highest BCUT2D eigenvalue weighted by atomic mass is 127. The monoisotopic (exact) mass is 553 g/mol. The van der Waals surface area contributed by atoms with Crippen LogP contribution in [-0.2, 0) is 22.6 Å². The van der Waals surface area contributed by atoms with E-state index in [-0.39, 0.29) is 24.0 Å². The topological polar surface area (TPSA) is 64.1 Å². The second kappa shape index (κ2) is 15.9. The Morgan fingerprint density at radius 2 is 1.72 bits per heavy atom. The van der Waals surface area contributed by atoms with E-state index in [9.17, 15) is 0 Å². The lowest BCUT2D eigenvalue weighted by Gasteiger charge is -2.21. The number of rotatable bonds is 11. The molecule has 0 radical (unpaired) electrons. The Hall–Kier alpha value is -1.84. The molecule has 1 fully saturated rings. The Kier molecular flexibility index (Phi) is 13.1. The molecule has 1 aliphatic heterocycles. The Bertz CT molecular complexity index is 766. The zero-order chi connectivity index (χ0) is 21.6. The van der Waals surface area contributed by atoms with Gasteiger partial charge >= 0.3 is 0 Å². The average Bonchev–Trinajstić information content (AvgIpc) is 2.84. The zero-order valence-electron chi connectivity index (χ0n) is 18.9. The van der Waals surface area contributed by atoms with Gasteiger partial charge in [0.2, 0.25) is 0 Å². The maximum Gasteiger partial charge on any atom is 0.191 e. The molecule has 7 heteroatoms. The van der Waals surface area contributed by atoms with Gasteiger partial charge < -0.3 is 24.8 Å². The normalized spacial score (nSPS) is 14.5. The van der Waals surface area contributed by atoms with Crippen LogP contribution < -0.4 is 15.4 Å². The Morgan fingerprint density at radius 3 is 2.44 bits per heavy atom. The van der Waals surface area contributed by atoms with Gasteiger partial charge in [0.05, 0.1) is 0 Å². The first-order chi connectivity index (χ1) is 15.3. The maximum atomic E-state index is 5.81. The third-order valence-electron chi connectivity index (χ3n) is 5.31. The predicted octanol–water partition coefficient (Wildman–Crippen LogP) is 4.38. The molecule has 6 nitrogen and oxygen atoms in total. The summed E-state index contributed by atoms with van der Waals surface area (Å²) in [6.07, 6.45) is 3.20. The number of nitrogens with zero attached hydrogens (tertiary/aromatic N) is 1. The fourth-order valence-electron chi connectivity index (χ4n) is 3.39. The highest BCUT2D eigenvalue weighted by Crippen LogP contribution is 2.15. The van der Waals surface area contributed by atoms with Gasteiger partial charge in [-0.1, -0.05) is 42.5 Å². The summed E-state index contributed by atoms with van der Waals surface area (Å²) in [4.78, 5) is 4.29. The van der Waals surface area contributed by atoms with Gasteiger partial charge in [-0.2, -0.15) is 0 Å². The van der Waals surface area contributed by atoms with Crippen molar-refractivity contribution in [2.45, 2.75) is 32.4 Å². The van der Waals surface area contributed by atoms with Crippen LogP contribution in [0.5, 0.6) is 5.75 Å². The van der Waals surface area contributed by atoms with Crippen molar-refractivity contribution in [3.8, 4) is 5.75 Å². The molecule has 2 aromatic rings. The largest absolute Gasteiger partial charge is 0.489 e. The molecule has 0 aromatic heterocycles. The minimum Gasteiger partial charge on any atom is -0.489 e. The lowest BCUT2D eigenvalue weighted by atomic mass is 10.0. The number of hydrogen-bond acceptors (Lipinski definition) is 4. The van der Waals surface area contributed by atoms with Crippen LogP contribution in [0.15, 0.2) is 59.6 Å². The SMILES string of the molecule is CN=C(NCCCOCC1CCOCC1)NCc1ccc(COc2ccccc2)cc1.I. The second-order valence-electron chi connectivity index (χ2n) is 7.75. The molecule has 1 heterocycles. The number of benzene rings is 2. The van der Waals surface area contributed by atoms with Crippen molar-refractivity contribution in [1.82, 2.24) is 10.6 Å². The molecule has 1 aliphatic rings. The van der Waals surface area contributed by atoms with Crippen LogP contribution in [0.2, 0.25) is 0 Å². The molecule has 2 N–H and O–H groups in total. The van der Waals surface area contributed by atoms with E-state index in [4.69, 9.17) is 14.2 Å². The van der Waals surface area contributed by atoms with E-state index >= 15 is 0 Å². The van der Waals surface area contributed by atoms with Crippen molar-refractivity contribution in [3.63, 3.8) is 0 Å². The maximum absolute atomic E-state index is 5.81. The summed E-state index contributed by atoms with van der Waals surface area (Å²) < 4.78 is 17.0. The Balaban J connectivity index is 0.00000363. The second-order valence-corrected chi connectivity index (χ2v) is 7.75. The van der Waals surface area contributed by atoms with Crippen molar-refractivity contribution >= 4 is 29.9 Å². The quantitative estimate of drug-likeness (QED) is 0.187. The summed E-state index contributed by atoms with van der Waals surface area (Å²) >= 11 is 0. The molecule has 0 saturated carbocycles. The number of para-hydroxylation sites is 1. The molecule has 0 atom stereocenters. The van der Waals surface area contributed by atoms with Gasteiger partial charge in [-0.15, -0.1) is 24.0 Å². The van der Waals surface area contributed by atoms with E-state index in [1.54, 1.807) is 7.05 Å². The Labute approximate surface area is 209 Å². The van der Waals surface area contributed by atoms with Gasteiger partial charge in [0, 0.05) is 46.6 Å². The highest BCUT2D eigenvalue weighted by molar-refractivity contribution is 14.0. The molecule has 176 valence electrons. The van der Waals surface area contributed by atoms with Crippen LogP contribution in [-0.4, -0.2) is 46.0 Å². The van der Waals surface area contributed by atoms with Crippen molar-refractivity contribution < 1.29 is 14.2 Å². The van der Waals surface area contributed by atoms with Crippen LogP contribution in [0.25, 0.3) is 0 Å². The standard InChI is InChI=1S/C25H35N3O3.HI/c1-26-25(27-14-5-15-30-19-23-12-16-29-17-13-23)28-18-21-8-10-22(11-9-21)20-31-24-6-3-2-4-7-24;/h2-4,6-11,23H,5,12-20H2,1H3,(H2,26,27,28);1H. The van der Waals surface area contributed by atoms with Gasteiger partial charge in [0.15, 0.2) is 5.96 Å². The summed E-state index contributed by atoms with van der Waals surface area (Å²) in [7, 11) is 1.79. The highest BCUT2D eigenvalue weighted by Gasteiger charge is 2.13. The summed E-state index contributed by atoms with van der Waals surface area (Å²) in [5.41, 5.74) is 2.35. The van der Waals surface area contributed by atoms with Crippen LogP contribution in [0.3, 0.4) is 0 Å². The summed E-state index contributed by atoms with van der Waals surface area (Å²) in [6, 6.07) is 18.3. The molecule has 0 aliphatic carbocycles. The van der Waals surface area contributed by atoms with Gasteiger partial charge in [0.25, 0.3) is 0 Å². The molecule has 32 heavy (non-hydrogen) atoms. The summed E-state index contributed by atoms with van der Waals surface area (Å²) in [6.45, 7) is 5.50. The summed E-state index contributed by atoms with van der Waals surface area (Å²) in [5.74, 6) is 2.35. The molecule has 0 unspecified atom stereocenters. The van der Waals surface area contributed by atoms with Gasteiger partial charge in [-0.3, -0.25) is 4.99 Å². The van der Waals surface area contributed by atoms with Crippen LogP contribution >= 0.6 is 24.0 Å². The molecule has 0 amide bonds. The molecule has 0 bridgehead atoms. The molecular weight excluding hydrogens is 517 g/mol. The predicted molar refractivity (Wildman–Crippen MR) is 140 cm³/mol. The minimum atomic E-state index is 0. The first-order valence-electron chi connectivity index (χ1n) is 11.2. The molecule has 0 spiro atoms. The zero-order valence-corrected chi connectivity index (χ0v) is 21.3. The number of guanidine groups is 1. The lowest BCUT2D eigenvalue weighted by Crippen LogP contribution is -2.37. The van der Waals surface area contributed by atoms with E-state index in [1.807, 2.05) is 30.3 Å². The third kappa shape index (κ3) is 10.2. The van der Waals surface area contributed by atoms with E-state index in [1.165, 1.54) is 5.56 Å². The lowest BCUT2D eigenvalue weighted by molar-refractivity contribution is 0.0203. The van der Waals surface area contributed by atoms with E-state index in [0.717, 1.165) is 76.1 Å². The van der Waals surface area contributed by atoms with Crippen molar-refractivity contribution in [2.75, 3.05) is 40.0 Å². The number of nitrogens with one attached hydrogen (secondary N) is 2. The summed E-state index contributed by atoms with van der Waals surface area (Å²) in [5, 5.41) is 6.71. The number of hydrogen-bond donors (Lipinski definition) is 2. The van der Waals surface area contributed by atoms with E-state index in [0.29, 0.717) is 12.5 Å². The van der Waals surface area contributed by atoms with Gasteiger partial charge in [-0.25, -0.2) is 0 Å². The smallest absolute Gasteiger partial charge is 0.191 e. The fraction of sp³-hybridized carbons (Fsp3) is 0.480. The Morgan fingerprint density at radius 1 is 1.00 bits per heavy atom. The van der Waals surface area contributed by atoms with Crippen LogP contribution in [0.1, 0.15) is 30.4 Å². The third-order valence-corrected chi connectivity index (χ3v) is 5.31. The minimum absolute atomic E-state index is 0. The van der Waals surface area contributed by atoms with Crippen molar-refractivity contribution in [2.24, 2.45) is 10.9 Å². The van der Waals surface area contributed by atoms with E-state index in [2.05, 4.69) is 39.9 Å². The molecule has 1 saturated heterocycles. The average molecular weight is 553 g/mol. The van der Waals surface area contributed by atoms with Crippen molar-refractivity contribution in [3.05, 3.63) is 65.7 Å². The fourth-order valence-corrected chi connectivity index (χ4v) is 3.39. The molecule has 2 aromatic carbocycles. The van der Waals surface area contributed by atoms with Crippen LogP contribution in [0, 0.1) is 5.92 Å². The first kappa shape index (κ1) is 26.4. The number of aliphatic imine (C=N–C) groups is 1. The molecular formula is C25H36IN3O3. The first-order valence-corrected chi connectivity index (χ1v) is 11.2. The van der Waals surface area contributed by atoms with Crippen LogP contribution in [0.4, 0.5) is 0 Å². The number of ether oxygens (including phenoxy) is 3. The number of halogens is 1. The van der Waals surface area contributed by atoms with Gasteiger partial charge in [0.1, 0.15) is 12.4 Å². The molecule has 3 rings (SSSR count). The van der Waals surface area contributed by atoms with E-state index < -0.39 is 0 Å². The van der Waals surface area contributed by atoms with Gasteiger partial charge in [-0.05, 0) is 48.4 Å².